The van der Waals surface area contributed by atoms with Gasteiger partial charge in [0, 0.05) is 24.5 Å². The first kappa shape index (κ1) is 22.6. The van der Waals surface area contributed by atoms with Gasteiger partial charge in [0.1, 0.15) is 5.82 Å². The molecular weight excluding hydrogens is 447 g/mol. The van der Waals surface area contributed by atoms with Crippen LogP contribution in [0.3, 0.4) is 0 Å². The van der Waals surface area contributed by atoms with Gasteiger partial charge in [0.05, 0.1) is 11.1 Å². The third-order valence-corrected chi connectivity index (χ3v) is 5.90. The molecule has 0 bridgehead atoms. The van der Waals surface area contributed by atoms with E-state index in [1.54, 1.807) is 12.1 Å². The van der Waals surface area contributed by atoms with Crippen molar-refractivity contribution in [2.45, 2.75) is 12.7 Å². The van der Waals surface area contributed by atoms with Crippen molar-refractivity contribution in [3.05, 3.63) is 114 Å². The molecule has 6 heteroatoms. The fourth-order valence-electron chi connectivity index (χ4n) is 4.18. The molecule has 0 fully saturated rings. The predicted octanol–water partition coefficient (Wildman–Crippen LogP) is 7.62. The average Bonchev–Trinajstić information content (AvgIpc) is 2.88. The van der Waals surface area contributed by atoms with Gasteiger partial charge in [-0.05, 0) is 34.9 Å². The zero-order chi connectivity index (χ0) is 24.4. The number of benzene rings is 4. The fourth-order valence-corrected chi connectivity index (χ4v) is 4.18. The van der Waals surface area contributed by atoms with Gasteiger partial charge in [0.25, 0.3) is 0 Å². The van der Waals surface area contributed by atoms with Crippen LogP contribution in [0.5, 0.6) is 0 Å². The van der Waals surface area contributed by atoms with E-state index in [9.17, 15) is 13.2 Å². The van der Waals surface area contributed by atoms with Crippen LogP contribution < -0.4 is 4.90 Å². The normalized spacial score (nSPS) is 11.5. The number of anilines is 1. The van der Waals surface area contributed by atoms with Crippen molar-refractivity contribution in [3.63, 3.8) is 0 Å². The van der Waals surface area contributed by atoms with Crippen LogP contribution in [0.1, 0.15) is 11.1 Å². The minimum atomic E-state index is -4.50. The second kappa shape index (κ2) is 9.22. The number of fused-ring (bicyclic) bond motifs is 1. The summed E-state index contributed by atoms with van der Waals surface area (Å²) in [6.07, 6.45) is -4.50. The van der Waals surface area contributed by atoms with E-state index in [1.165, 1.54) is 12.1 Å². The maximum Gasteiger partial charge on any atom is 0.417 e. The van der Waals surface area contributed by atoms with E-state index in [2.05, 4.69) is 46.4 Å². The Morgan fingerprint density at radius 2 is 1.31 bits per heavy atom. The lowest BCUT2D eigenvalue weighted by Gasteiger charge is -2.21. The Balaban J connectivity index is 1.52. The third-order valence-electron chi connectivity index (χ3n) is 5.90. The van der Waals surface area contributed by atoms with Gasteiger partial charge in [-0.1, -0.05) is 84.9 Å². The van der Waals surface area contributed by atoms with E-state index >= 15 is 0 Å². The highest BCUT2D eigenvalue weighted by Gasteiger charge is 2.34. The SMILES string of the molecule is CN(Cc1ccc(-c2ccccc2)cc1)c1nc(-c2ccccc2C(F)(F)F)nc2ccccc12. The molecule has 0 aliphatic heterocycles. The van der Waals surface area contributed by atoms with E-state index in [-0.39, 0.29) is 11.4 Å². The number of alkyl halides is 3. The Kier molecular flexibility index (Phi) is 5.95. The number of nitrogens with zero attached hydrogens (tertiary/aromatic N) is 3. The van der Waals surface area contributed by atoms with Crippen LogP contribution in [0.4, 0.5) is 19.0 Å². The minimum Gasteiger partial charge on any atom is -0.355 e. The summed E-state index contributed by atoms with van der Waals surface area (Å²) in [6, 6.07) is 31.2. The van der Waals surface area contributed by atoms with Crippen LogP contribution in [0.2, 0.25) is 0 Å². The first-order chi connectivity index (χ1) is 16.9. The zero-order valence-electron chi connectivity index (χ0n) is 19.0. The molecule has 1 aromatic heterocycles. The van der Waals surface area contributed by atoms with Crippen molar-refractivity contribution < 1.29 is 13.2 Å². The molecule has 0 aliphatic carbocycles. The lowest BCUT2D eigenvalue weighted by atomic mass is 10.0. The van der Waals surface area contributed by atoms with Gasteiger partial charge in [-0.25, -0.2) is 9.97 Å². The minimum absolute atomic E-state index is 0.0346. The Labute approximate surface area is 201 Å². The van der Waals surface area contributed by atoms with Crippen LogP contribution in [0.25, 0.3) is 33.4 Å². The van der Waals surface area contributed by atoms with Gasteiger partial charge >= 0.3 is 6.18 Å². The van der Waals surface area contributed by atoms with Gasteiger partial charge in [-0.3, -0.25) is 0 Å². The summed E-state index contributed by atoms with van der Waals surface area (Å²) in [5.74, 6) is 0.632. The van der Waals surface area contributed by atoms with Gasteiger partial charge in [0.2, 0.25) is 0 Å². The van der Waals surface area contributed by atoms with Crippen molar-refractivity contribution in [2.24, 2.45) is 0 Å². The summed E-state index contributed by atoms with van der Waals surface area (Å²) >= 11 is 0. The molecular formula is C29H22F3N3. The molecule has 0 aliphatic rings. The second-order valence-electron chi connectivity index (χ2n) is 8.35. The quantitative estimate of drug-likeness (QED) is 0.265. The summed E-state index contributed by atoms with van der Waals surface area (Å²) in [5, 5.41) is 0.782. The van der Waals surface area contributed by atoms with Crippen molar-refractivity contribution >= 4 is 16.7 Å². The maximum atomic E-state index is 13.7. The van der Waals surface area contributed by atoms with Gasteiger partial charge in [-0.2, -0.15) is 13.2 Å². The van der Waals surface area contributed by atoms with Gasteiger partial charge in [0.15, 0.2) is 5.82 Å². The molecule has 35 heavy (non-hydrogen) atoms. The molecule has 0 amide bonds. The lowest BCUT2D eigenvalue weighted by Crippen LogP contribution is -2.19. The second-order valence-corrected chi connectivity index (χ2v) is 8.35. The average molecular weight is 470 g/mol. The Morgan fingerprint density at radius 3 is 2.06 bits per heavy atom. The highest BCUT2D eigenvalue weighted by atomic mass is 19.4. The van der Waals surface area contributed by atoms with E-state index in [0.717, 1.165) is 28.1 Å². The summed E-state index contributed by atoms with van der Waals surface area (Å²) in [6.45, 7) is 0.538. The van der Waals surface area contributed by atoms with Crippen molar-refractivity contribution in [3.8, 4) is 22.5 Å². The lowest BCUT2D eigenvalue weighted by molar-refractivity contribution is -0.137. The molecule has 5 aromatic rings. The Bertz CT molecular complexity index is 1460. The smallest absolute Gasteiger partial charge is 0.355 e. The largest absolute Gasteiger partial charge is 0.417 e. The van der Waals surface area contributed by atoms with E-state index in [1.807, 2.05) is 48.3 Å². The highest BCUT2D eigenvalue weighted by molar-refractivity contribution is 5.91. The zero-order valence-corrected chi connectivity index (χ0v) is 19.0. The third kappa shape index (κ3) is 4.73. The van der Waals surface area contributed by atoms with E-state index in [4.69, 9.17) is 0 Å². The number of aromatic nitrogens is 2. The molecule has 0 unspecified atom stereocenters. The monoisotopic (exact) mass is 469 g/mol. The summed E-state index contributed by atoms with van der Waals surface area (Å²) in [5.41, 5.74) is 3.13. The van der Waals surface area contributed by atoms with Crippen LogP contribution in [-0.2, 0) is 12.7 Å². The molecule has 0 N–H and O–H groups in total. The van der Waals surface area contributed by atoms with Crippen molar-refractivity contribution in [1.29, 1.82) is 0 Å². The highest BCUT2D eigenvalue weighted by Crippen LogP contribution is 2.37. The van der Waals surface area contributed by atoms with Crippen LogP contribution in [0.15, 0.2) is 103 Å². The number of halogens is 3. The predicted molar refractivity (Wildman–Crippen MR) is 134 cm³/mol. The number of hydrogen-bond donors (Lipinski definition) is 0. The first-order valence-electron chi connectivity index (χ1n) is 11.2. The molecule has 3 nitrogen and oxygen atoms in total. The molecule has 0 spiro atoms. The summed E-state index contributed by atoms with van der Waals surface area (Å²) < 4.78 is 41.1. The van der Waals surface area contributed by atoms with Crippen molar-refractivity contribution in [2.75, 3.05) is 11.9 Å². The van der Waals surface area contributed by atoms with Crippen molar-refractivity contribution in [1.82, 2.24) is 9.97 Å². The maximum absolute atomic E-state index is 13.7. The van der Waals surface area contributed by atoms with Crippen LogP contribution >= 0.6 is 0 Å². The first-order valence-corrected chi connectivity index (χ1v) is 11.2. The molecule has 1 heterocycles. The molecule has 0 saturated carbocycles. The van der Waals surface area contributed by atoms with E-state index < -0.39 is 11.7 Å². The molecule has 0 saturated heterocycles. The summed E-state index contributed by atoms with van der Waals surface area (Å²) in [4.78, 5) is 11.0. The Hall–Kier alpha value is -4.19. The molecule has 0 atom stereocenters. The number of hydrogen-bond acceptors (Lipinski definition) is 3. The van der Waals surface area contributed by atoms with Gasteiger partial charge in [-0.15, -0.1) is 0 Å². The Morgan fingerprint density at radius 1 is 0.686 bits per heavy atom. The molecule has 5 rings (SSSR count). The summed E-state index contributed by atoms with van der Waals surface area (Å²) in [7, 11) is 1.89. The fraction of sp³-hybridized carbons (Fsp3) is 0.103. The number of rotatable bonds is 5. The molecule has 174 valence electrons. The topological polar surface area (TPSA) is 29.0 Å². The van der Waals surface area contributed by atoms with Crippen LogP contribution in [-0.4, -0.2) is 17.0 Å². The van der Waals surface area contributed by atoms with Gasteiger partial charge < -0.3 is 4.90 Å². The van der Waals surface area contributed by atoms with E-state index in [0.29, 0.717) is 17.9 Å². The van der Waals surface area contributed by atoms with Crippen LogP contribution in [0, 0.1) is 0 Å². The molecule has 4 aromatic carbocycles. The molecule has 0 radical (unpaired) electrons. The number of para-hydroxylation sites is 1. The standard InChI is InChI=1S/C29H22F3N3/c1-35(19-20-15-17-22(18-16-20)21-9-3-2-4-10-21)28-24-12-6-8-14-26(24)33-27(34-28)23-11-5-7-13-25(23)29(30,31)32/h2-18H,19H2,1H3.